The van der Waals surface area contributed by atoms with Crippen molar-refractivity contribution in [3.8, 4) is 0 Å². The third-order valence-corrected chi connectivity index (χ3v) is 3.41. The molecule has 1 aromatic carbocycles. The highest BCUT2D eigenvalue weighted by Gasteiger charge is 2.17. The highest BCUT2D eigenvalue weighted by atomic mass is 19.1. The van der Waals surface area contributed by atoms with E-state index in [1.165, 1.54) is 6.07 Å². The summed E-state index contributed by atoms with van der Waals surface area (Å²) in [7, 11) is 0. The van der Waals surface area contributed by atoms with Crippen LogP contribution < -0.4 is 10.6 Å². The minimum absolute atomic E-state index is 0.182. The van der Waals surface area contributed by atoms with Crippen molar-refractivity contribution in [2.75, 3.05) is 24.5 Å². The number of benzene rings is 1. The lowest BCUT2D eigenvalue weighted by atomic mass is 9.99. The zero-order chi connectivity index (χ0) is 14.3. The van der Waals surface area contributed by atoms with Gasteiger partial charge in [-0.25, -0.2) is 4.39 Å². The highest BCUT2D eigenvalue weighted by molar-refractivity contribution is 5.47. The Labute approximate surface area is 115 Å². The maximum absolute atomic E-state index is 13.7. The van der Waals surface area contributed by atoms with Crippen LogP contribution >= 0.6 is 0 Å². The normalized spacial score (nSPS) is 14.2. The molecule has 3 nitrogen and oxygen atoms in total. The van der Waals surface area contributed by atoms with Gasteiger partial charge in [0.05, 0.1) is 11.3 Å². The first-order valence-electron chi connectivity index (χ1n) is 6.92. The molecule has 0 amide bonds. The van der Waals surface area contributed by atoms with Gasteiger partial charge < -0.3 is 15.7 Å². The lowest BCUT2D eigenvalue weighted by Crippen LogP contribution is -2.34. The number of halogens is 1. The fourth-order valence-electron chi connectivity index (χ4n) is 2.07. The number of hydrogen-bond acceptors (Lipinski definition) is 3. The van der Waals surface area contributed by atoms with E-state index in [9.17, 15) is 9.50 Å². The molecule has 1 rings (SSSR count). The fourth-order valence-corrected chi connectivity index (χ4v) is 2.07. The second kappa shape index (κ2) is 7.46. The summed E-state index contributed by atoms with van der Waals surface area (Å²) in [5, 5.41) is 9.81. The van der Waals surface area contributed by atoms with Crippen LogP contribution in [0, 0.1) is 5.82 Å². The highest BCUT2D eigenvalue weighted by Crippen LogP contribution is 2.19. The Kier molecular flexibility index (Phi) is 6.25. The largest absolute Gasteiger partial charge is 0.389 e. The molecule has 1 aromatic rings. The molecule has 0 aliphatic rings. The summed E-state index contributed by atoms with van der Waals surface area (Å²) in [5.41, 5.74) is 5.34. The van der Waals surface area contributed by atoms with Crippen molar-refractivity contribution in [3.05, 3.63) is 30.1 Å². The van der Waals surface area contributed by atoms with Crippen LogP contribution in [0.15, 0.2) is 24.3 Å². The molecule has 0 spiro atoms. The zero-order valence-corrected chi connectivity index (χ0v) is 11.9. The van der Waals surface area contributed by atoms with E-state index in [1.54, 1.807) is 19.1 Å². The fraction of sp³-hybridized carbons (Fsp3) is 0.600. The van der Waals surface area contributed by atoms with E-state index in [4.69, 9.17) is 5.73 Å². The Morgan fingerprint density at radius 2 is 2.00 bits per heavy atom. The van der Waals surface area contributed by atoms with Gasteiger partial charge in [0.1, 0.15) is 5.82 Å². The SMILES string of the molecule is CCN(CCCCC(C)(O)CN)c1ccccc1F. The van der Waals surface area contributed by atoms with E-state index in [-0.39, 0.29) is 12.4 Å². The first kappa shape index (κ1) is 15.9. The van der Waals surface area contributed by atoms with Crippen LogP contribution in [0.25, 0.3) is 0 Å². The van der Waals surface area contributed by atoms with Crippen molar-refractivity contribution in [3.63, 3.8) is 0 Å². The lowest BCUT2D eigenvalue weighted by molar-refractivity contribution is 0.0574. The predicted molar refractivity (Wildman–Crippen MR) is 77.8 cm³/mol. The topological polar surface area (TPSA) is 49.5 Å². The number of unbranched alkanes of at least 4 members (excludes halogenated alkanes) is 1. The Morgan fingerprint density at radius 3 is 2.58 bits per heavy atom. The van der Waals surface area contributed by atoms with Crippen LogP contribution in [0.3, 0.4) is 0 Å². The molecule has 3 N–H and O–H groups in total. The zero-order valence-electron chi connectivity index (χ0n) is 11.9. The van der Waals surface area contributed by atoms with E-state index >= 15 is 0 Å². The van der Waals surface area contributed by atoms with E-state index in [1.807, 2.05) is 17.9 Å². The Bertz CT molecular complexity index is 382. The number of hydrogen-bond donors (Lipinski definition) is 2. The minimum atomic E-state index is -0.783. The molecule has 0 aliphatic carbocycles. The third-order valence-electron chi connectivity index (χ3n) is 3.41. The first-order chi connectivity index (χ1) is 9.00. The van der Waals surface area contributed by atoms with Gasteiger partial charge in [-0.1, -0.05) is 12.1 Å². The van der Waals surface area contributed by atoms with Crippen LogP contribution in [0.2, 0.25) is 0 Å². The second-order valence-corrected chi connectivity index (χ2v) is 5.19. The molecule has 0 saturated carbocycles. The quantitative estimate of drug-likeness (QED) is 0.712. The van der Waals surface area contributed by atoms with Gasteiger partial charge in [-0.15, -0.1) is 0 Å². The number of nitrogens with zero attached hydrogens (tertiary/aromatic N) is 1. The van der Waals surface area contributed by atoms with Crippen molar-refractivity contribution in [1.29, 1.82) is 0 Å². The van der Waals surface area contributed by atoms with Crippen molar-refractivity contribution >= 4 is 5.69 Å². The van der Waals surface area contributed by atoms with E-state index < -0.39 is 5.60 Å². The molecule has 4 heteroatoms. The third kappa shape index (κ3) is 5.17. The van der Waals surface area contributed by atoms with Crippen LogP contribution in [-0.4, -0.2) is 30.3 Å². The van der Waals surface area contributed by atoms with Crippen LogP contribution in [0.4, 0.5) is 10.1 Å². The second-order valence-electron chi connectivity index (χ2n) is 5.19. The summed E-state index contributed by atoms with van der Waals surface area (Å²) >= 11 is 0. The van der Waals surface area contributed by atoms with Gasteiger partial charge in [0, 0.05) is 19.6 Å². The molecule has 1 unspecified atom stereocenters. The van der Waals surface area contributed by atoms with Gasteiger partial charge in [-0.2, -0.15) is 0 Å². The summed E-state index contributed by atoms with van der Waals surface area (Å²) in [4.78, 5) is 2.02. The molecule has 0 heterocycles. The standard InChI is InChI=1S/C15H25FN2O/c1-3-18(14-9-5-4-8-13(14)16)11-7-6-10-15(2,19)12-17/h4-5,8-9,19H,3,6-7,10-12,17H2,1-2H3. The molecule has 108 valence electrons. The maximum atomic E-state index is 13.7. The van der Waals surface area contributed by atoms with E-state index in [0.29, 0.717) is 12.1 Å². The van der Waals surface area contributed by atoms with Crippen molar-refractivity contribution in [2.45, 2.75) is 38.7 Å². The van der Waals surface area contributed by atoms with Crippen molar-refractivity contribution in [2.24, 2.45) is 5.73 Å². The van der Waals surface area contributed by atoms with Crippen molar-refractivity contribution in [1.82, 2.24) is 0 Å². The smallest absolute Gasteiger partial charge is 0.146 e. The average Bonchev–Trinajstić information content (AvgIpc) is 2.40. The molecule has 0 bridgehead atoms. The predicted octanol–water partition coefficient (Wildman–Crippen LogP) is 2.53. The molecular formula is C15H25FN2O. The minimum Gasteiger partial charge on any atom is -0.389 e. The average molecular weight is 268 g/mol. The monoisotopic (exact) mass is 268 g/mol. The Balaban J connectivity index is 2.44. The number of nitrogens with two attached hydrogens (primary N) is 1. The number of para-hydroxylation sites is 1. The molecule has 19 heavy (non-hydrogen) atoms. The maximum Gasteiger partial charge on any atom is 0.146 e. The van der Waals surface area contributed by atoms with Gasteiger partial charge in [0.15, 0.2) is 0 Å². The van der Waals surface area contributed by atoms with Gasteiger partial charge in [-0.05, 0) is 45.2 Å². The van der Waals surface area contributed by atoms with Gasteiger partial charge in [0.2, 0.25) is 0 Å². The summed E-state index contributed by atoms with van der Waals surface area (Å²) in [6.07, 6.45) is 2.48. The summed E-state index contributed by atoms with van der Waals surface area (Å²) in [6, 6.07) is 6.83. The van der Waals surface area contributed by atoms with Crippen molar-refractivity contribution < 1.29 is 9.50 Å². The van der Waals surface area contributed by atoms with Crippen LogP contribution in [0.5, 0.6) is 0 Å². The van der Waals surface area contributed by atoms with Gasteiger partial charge in [0.25, 0.3) is 0 Å². The molecule has 0 aliphatic heterocycles. The molecule has 1 atom stereocenters. The van der Waals surface area contributed by atoms with Crippen LogP contribution in [-0.2, 0) is 0 Å². The summed E-state index contributed by atoms with van der Waals surface area (Å²) < 4.78 is 13.7. The molecule has 0 aromatic heterocycles. The first-order valence-corrected chi connectivity index (χ1v) is 6.92. The molecule has 0 saturated heterocycles. The molecule has 0 fully saturated rings. The lowest BCUT2D eigenvalue weighted by Gasteiger charge is -2.25. The summed E-state index contributed by atoms with van der Waals surface area (Å²) in [6.45, 7) is 5.61. The van der Waals surface area contributed by atoms with E-state index in [0.717, 1.165) is 25.9 Å². The number of anilines is 1. The van der Waals surface area contributed by atoms with E-state index in [2.05, 4.69) is 0 Å². The van der Waals surface area contributed by atoms with Gasteiger partial charge in [-0.3, -0.25) is 0 Å². The number of rotatable bonds is 8. The molecule has 0 radical (unpaired) electrons. The number of aliphatic hydroxyl groups is 1. The van der Waals surface area contributed by atoms with Gasteiger partial charge >= 0.3 is 0 Å². The Hall–Kier alpha value is -1.13. The van der Waals surface area contributed by atoms with Crippen LogP contribution in [0.1, 0.15) is 33.1 Å². The molecular weight excluding hydrogens is 243 g/mol. The Morgan fingerprint density at radius 1 is 1.32 bits per heavy atom. The summed E-state index contributed by atoms with van der Waals surface area (Å²) in [5.74, 6) is -0.182.